The third-order valence-electron chi connectivity index (χ3n) is 2.07. The zero-order valence-electron chi connectivity index (χ0n) is 7.99. The van der Waals surface area contributed by atoms with E-state index in [0.29, 0.717) is 5.56 Å². The first-order valence-electron chi connectivity index (χ1n) is 4.15. The van der Waals surface area contributed by atoms with Crippen LogP contribution in [0.4, 0.5) is 4.39 Å². The molecular formula is C9H12FNO2S. The Morgan fingerprint density at radius 1 is 1.43 bits per heavy atom. The Bertz CT molecular complexity index is 417. The Labute approximate surface area is 83.0 Å². The predicted octanol–water partition coefficient (Wildman–Crippen LogP) is 1.44. The van der Waals surface area contributed by atoms with Crippen molar-refractivity contribution >= 4 is 10.0 Å². The molecule has 1 atom stereocenters. The van der Waals surface area contributed by atoms with Crippen molar-refractivity contribution in [3.63, 3.8) is 0 Å². The van der Waals surface area contributed by atoms with E-state index < -0.39 is 21.1 Å². The SMILES string of the molecule is CNS(=O)(=O)C(C)c1cccc(F)c1. The molecule has 0 saturated heterocycles. The molecule has 0 bridgehead atoms. The first-order chi connectivity index (χ1) is 6.47. The third-order valence-corrected chi connectivity index (χ3v) is 3.84. The van der Waals surface area contributed by atoms with E-state index in [1.54, 1.807) is 6.07 Å². The minimum Gasteiger partial charge on any atom is -0.218 e. The van der Waals surface area contributed by atoms with Gasteiger partial charge in [-0.05, 0) is 31.7 Å². The molecule has 0 fully saturated rings. The van der Waals surface area contributed by atoms with Crippen molar-refractivity contribution in [3.8, 4) is 0 Å². The Balaban J connectivity index is 3.07. The molecule has 1 aromatic carbocycles. The van der Waals surface area contributed by atoms with Crippen LogP contribution in [0, 0.1) is 5.82 Å². The molecule has 3 nitrogen and oxygen atoms in total. The highest BCUT2D eigenvalue weighted by molar-refractivity contribution is 7.89. The minimum absolute atomic E-state index is 0.430. The van der Waals surface area contributed by atoms with E-state index in [0.717, 1.165) is 0 Å². The van der Waals surface area contributed by atoms with Crippen molar-refractivity contribution in [2.45, 2.75) is 12.2 Å². The molecule has 0 aromatic heterocycles. The highest BCUT2D eigenvalue weighted by Crippen LogP contribution is 2.20. The normalized spacial score (nSPS) is 13.9. The van der Waals surface area contributed by atoms with E-state index in [9.17, 15) is 12.8 Å². The number of benzene rings is 1. The van der Waals surface area contributed by atoms with E-state index in [2.05, 4.69) is 4.72 Å². The fourth-order valence-electron chi connectivity index (χ4n) is 1.12. The monoisotopic (exact) mass is 217 g/mol. The second kappa shape index (κ2) is 4.06. The quantitative estimate of drug-likeness (QED) is 0.832. The van der Waals surface area contributed by atoms with Gasteiger partial charge in [0.1, 0.15) is 5.82 Å². The molecule has 0 aliphatic carbocycles. The minimum atomic E-state index is -3.38. The molecule has 0 aliphatic rings. The van der Waals surface area contributed by atoms with Gasteiger partial charge >= 0.3 is 0 Å². The number of sulfonamides is 1. The van der Waals surface area contributed by atoms with Gasteiger partial charge in [-0.2, -0.15) is 0 Å². The number of halogens is 1. The topological polar surface area (TPSA) is 46.2 Å². The molecule has 0 amide bonds. The van der Waals surface area contributed by atoms with Crippen LogP contribution in [0.2, 0.25) is 0 Å². The summed E-state index contributed by atoms with van der Waals surface area (Å²) in [6, 6.07) is 5.58. The van der Waals surface area contributed by atoms with Gasteiger partial charge in [0.2, 0.25) is 10.0 Å². The molecule has 1 N–H and O–H groups in total. The van der Waals surface area contributed by atoms with Crippen molar-refractivity contribution in [2.75, 3.05) is 7.05 Å². The Kier molecular flexibility index (Phi) is 3.23. The van der Waals surface area contributed by atoms with Gasteiger partial charge in [-0.25, -0.2) is 17.5 Å². The molecule has 5 heteroatoms. The maximum Gasteiger partial charge on any atom is 0.218 e. The summed E-state index contributed by atoms with van der Waals surface area (Å²) in [5.41, 5.74) is 0.444. The smallest absolute Gasteiger partial charge is 0.218 e. The van der Waals surface area contributed by atoms with E-state index in [1.165, 1.54) is 32.2 Å². The van der Waals surface area contributed by atoms with Gasteiger partial charge < -0.3 is 0 Å². The fourth-order valence-corrected chi connectivity index (χ4v) is 1.97. The van der Waals surface area contributed by atoms with Gasteiger partial charge in [0.05, 0.1) is 5.25 Å². The molecule has 1 aromatic rings. The van der Waals surface area contributed by atoms with Crippen molar-refractivity contribution < 1.29 is 12.8 Å². The van der Waals surface area contributed by atoms with Gasteiger partial charge in [-0.3, -0.25) is 0 Å². The molecular weight excluding hydrogens is 205 g/mol. The van der Waals surface area contributed by atoms with Crippen LogP contribution < -0.4 is 4.72 Å². The van der Waals surface area contributed by atoms with E-state index in [1.807, 2.05) is 0 Å². The molecule has 0 radical (unpaired) electrons. The average molecular weight is 217 g/mol. The van der Waals surface area contributed by atoms with Crippen LogP contribution in [0.3, 0.4) is 0 Å². The lowest BCUT2D eigenvalue weighted by molar-refractivity contribution is 0.577. The lowest BCUT2D eigenvalue weighted by Gasteiger charge is -2.11. The zero-order valence-corrected chi connectivity index (χ0v) is 8.81. The Morgan fingerprint density at radius 3 is 2.57 bits per heavy atom. The number of nitrogens with one attached hydrogen (secondary N) is 1. The molecule has 0 heterocycles. The van der Waals surface area contributed by atoms with Crippen LogP contribution in [0.25, 0.3) is 0 Å². The highest BCUT2D eigenvalue weighted by atomic mass is 32.2. The number of hydrogen-bond donors (Lipinski definition) is 1. The van der Waals surface area contributed by atoms with Crippen LogP contribution in [0.5, 0.6) is 0 Å². The van der Waals surface area contributed by atoms with Gasteiger partial charge in [0, 0.05) is 0 Å². The first-order valence-corrected chi connectivity index (χ1v) is 5.70. The lowest BCUT2D eigenvalue weighted by atomic mass is 10.2. The summed E-state index contributed by atoms with van der Waals surface area (Å²) in [7, 11) is -2.05. The molecule has 1 rings (SSSR count). The molecule has 14 heavy (non-hydrogen) atoms. The summed E-state index contributed by atoms with van der Waals surface area (Å²) < 4.78 is 37.8. The number of hydrogen-bond acceptors (Lipinski definition) is 2. The van der Waals surface area contributed by atoms with Crippen LogP contribution in [-0.4, -0.2) is 15.5 Å². The van der Waals surface area contributed by atoms with E-state index >= 15 is 0 Å². The molecule has 0 spiro atoms. The Hall–Kier alpha value is -0.940. The summed E-state index contributed by atoms with van der Waals surface area (Å²) in [6.07, 6.45) is 0. The predicted molar refractivity (Wildman–Crippen MR) is 52.8 cm³/mol. The Morgan fingerprint density at radius 2 is 2.07 bits per heavy atom. The van der Waals surface area contributed by atoms with Crippen molar-refractivity contribution in [1.29, 1.82) is 0 Å². The highest BCUT2D eigenvalue weighted by Gasteiger charge is 2.20. The molecule has 0 saturated carbocycles. The fraction of sp³-hybridized carbons (Fsp3) is 0.333. The van der Waals surface area contributed by atoms with Crippen LogP contribution >= 0.6 is 0 Å². The zero-order chi connectivity index (χ0) is 10.8. The first kappa shape index (κ1) is 11.1. The average Bonchev–Trinajstić information content (AvgIpc) is 2.16. The summed E-state index contributed by atoms with van der Waals surface area (Å²) in [4.78, 5) is 0. The largest absolute Gasteiger partial charge is 0.218 e. The third kappa shape index (κ3) is 2.30. The van der Waals surface area contributed by atoms with Gasteiger partial charge in [-0.15, -0.1) is 0 Å². The number of rotatable bonds is 3. The van der Waals surface area contributed by atoms with Crippen molar-refractivity contribution in [1.82, 2.24) is 4.72 Å². The molecule has 78 valence electrons. The molecule has 1 unspecified atom stereocenters. The van der Waals surface area contributed by atoms with Crippen LogP contribution in [-0.2, 0) is 10.0 Å². The van der Waals surface area contributed by atoms with E-state index in [4.69, 9.17) is 0 Å². The second-order valence-corrected chi connectivity index (χ2v) is 5.15. The van der Waals surface area contributed by atoms with Gasteiger partial charge in [0.15, 0.2) is 0 Å². The van der Waals surface area contributed by atoms with Crippen LogP contribution in [0.1, 0.15) is 17.7 Å². The van der Waals surface area contributed by atoms with Gasteiger partial charge in [-0.1, -0.05) is 12.1 Å². The summed E-state index contributed by atoms with van der Waals surface area (Å²) in [5, 5.41) is -0.747. The second-order valence-electron chi connectivity index (χ2n) is 2.95. The summed E-state index contributed by atoms with van der Waals surface area (Å²) in [5.74, 6) is -0.430. The standard InChI is InChI=1S/C9H12FNO2S/c1-7(14(12,13)11-2)8-4-3-5-9(10)6-8/h3-7,11H,1-2H3. The summed E-state index contributed by atoms with van der Waals surface area (Å²) in [6.45, 7) is 1.51. The maximum absolute atomic E-state index is 12.8. The van der Waals surface area contributed by atoms with Crippen molar-refractivity contribution in [2.24, 2.45) is 0 Å². The van der Waals surface area contributed by atoms with E-state index in [-0.39, 0.29) is 0 Å². The summed E-state index contributed by atoms with van der Waals surface area (Å²) >= 11 is 0. The van der Waals surface area contributed by atoms with Crippen molar-refractivity contribution in [3.05, 3.63) is 35.6 Å². The lowest BCUT2D eigenvalue weighted by Crippen LogP contribution is -2.24. The van der Waals surface area contributed by atoms with Crippen LogP contribution in [0.15, 0.2) is 24.3 Å². The maximum atomic E-state index is 12.8. The molecule has 0 aliphatic heterocycles. The van der Waals surface area contributed by atoms with Gasteiger partial charge in [0.25, 0.3) is 0 Å².